The summed E-state index contributed by atoms with van der Waals surface area (Å²) in [5.41, 5.74) is 5.75. The molecule has 1 rings (SSSR count). The van der Waals surface area contributed by atoms with Crippen LogP contribution in [0.25, 0.3) is 0 Å². The number of nitrogens with two attached hydrogens (primary N) is 1. The molecule has 1 aromatic rings. The Morgan fingerprint density at radius 3 is 2.82 bits per heavy atom. The Labute approximate surface area is 130 Å². The fourth-order valence-corrected chi connectivity index (χ4v) is 2.02. The summed E-state index contributed by atoms with van der Waals surface area (Å²) >= 11 is 0. The quantitative estimate of drug-likeness (QED) is 0.214. The van der Waals surface area contributed by atoms with Gasteiger partial charge in [-0.25, -0.2) is 0 Å². The van der Waals surface area contributed by atoms with E-state index in [0.717, 1.165) is 13.0 Å². The Hall–Kier alpha value is -2.12. The van der Waals surface area contributed by atoms with Crippen LogP contribution >= 0.6 is 0 Å². The zero-order valence-corrected chi connectivity index (χ0v) is 13.2. The van der Waals surface area contributed by atoms with Crippen molar-refractivity contribution in [2.75, 3.05) is 13.1 Å². The molecule has 8 nitrogen and oxygen atoms in total. The van der Waals surface area contributed by atoms with Crippen LogP contribution in [-0.4, -0.2) is 33.8 Å². The fourth-order valence-electron chi connectivity index (χ4n) is 2.02. The topological polar surface area (TPSA) is 111 Å². The van der Waals surface area contributed by atoms with Gasteiger partial charge in [0.15, 0.2) is 5.96 Å². The molecule has 8 heteroatoms. The number of nitrogens with zero attached hydrogens (tertiary/aromatic N) is 4. The Balaban J connectivity index is 2.10. The van der Waals surface area contributed by atoms with Crippen LogP contribution in [0.4, 0.5) is 5.69 Å². The summed E-state index contributed by atoms with van der Waals surface area (Å²) in [5.74, 6) is 0.412. The van der Waals surface area contributed by atoms with Gasteiger partial charge in [0.05, 0.1) is 11.5 Å². The summed E-state index contributed by atoms with van der Waals surface area (Å²) in [5, 5.41) is 17.4. The largest absolute Gasteiger partial charge is 0.370 e. The van der Waals surface area contributed by atoms with Crippen molar-refractivity contribution in [1.29, 1.82) is 0 Å². The van der Waals surface area contributed by atoms with Crippen LogP contribution in [0.5, 0.6) is 0 Å². The molecule has 0 atom stereocenters. The predicted molar refractivity (Wildman–Crippen MR) is 86.7 cm³/mol. The van der Waals surface area contributed by atoms with Gasteiger partial charge in [-0.1, -0.05) is 39.0 Å². The molecule has 1 aromatic heterocycles. The molecule has 0 unspecified atom stereocenters. The predicted octanol–water partition coefficient (Wildman–Crippen LogP) is 2.06. The van der Waals surface area contributed by atoms with Crippen LogP contribution in [0.2, 0.25) is 0 Å². The van der Waals surface area contributed by atoms with Gasteiger partial charge >= 0.3 is 5.69 Å². The van der Waals surface area contributed by atoms with Gasteiger partial charge in [0.1, 0.15) is 12.4 Å². The maximum atomic E-state index is 10.5. The first-order valence-electron chi connectivity index (χ1n) is 7.84. The van der Waals surface area contributed by atoms with Crippen molar-refractivity contribution in [1.82, 2.24) is 15.1 Å². The molecule has 0 saturated heterocycles. The van der Waals surface area contributed by atoms with E-state index in [2.05, 4.69) is 22.3 Å². The number of guanidine groups is 1. The van der Waals surface area contributed by atoms with Crippen molar-refractivity contribution >= 4 is 11.6 Å². The van der Waals surface area contributed by atoms with Gasteiger partial charge in [-0.15, -0.1) is 0 Å². The van der Waals surface area contributed by atoms with Gasteiger partial charge in [0, 0.05) is 13.1 Å². The van der Waals surface area contributed by atoms with E-state index in [-0.39, 0.29) is 5.69 Å². The monoisotopic (exact) mass is 310 g/mol. The number of unbranched alkanes of at least 4 members (excludes halogenated alkanes) is 5. The van der Waals surface area contributed by atoms with E-state index >= 15 is 0 Å². The Kier molecular flexibility index (Phi) is 8.63. The van der Waals surface area contributed by atoms with E-state index in [1.165, 1.54) is 49.2 Å². The molecule has 0 aromatic carbocycles. The van der Waals surface area contributed by atoms with E-state index in [0.29, 0.717) is 19.0 Å². The smallest absolute Gasteiger partial charge is 0.306 e. The van der Waals surface area contributed by atoms with Crippen molar-refractivity contribution in [2.45, 2.75) is 52.0 Å². The lowest BCUT2D eigenvalue weighted by Gasteiger charge is -2.05. The number of aliphatic imine (C=N–C) groups is 1. The van der Waals surface area contributed by atoms with E-state index in [1.807, 2.05) is 0 Å². The average Bonchev–Trinajstić information content (AvgIpc) is 2.95. The molecule has 1 heterocycles. The summed E-state index contributed by atoms with van der Waals surface area (Å²) in [7, 11) is 0. The van der Waals surface area contributed by atoms with Gasteiger partial charge in [0.25, 0.3) is 0 Å². The molecule has 0 spiro atoms. The number of aromatic nitrogens is 2. The lowest BCUT2D eigenvalue weighted by molar-refractivity contribution is -0.385. The summed E-state index contributed by atoms with van der Waals surface area (Å²) in [6.45, 7) is 3.97. The number of nitro groups is 1. The van der Waals surface area contributed by atoms with Crippen LogP contribution in [0.15, 0.2) is 17.4 Å². The minimum atomic E-state index is -0.465. The molecular weight excluding hydrogens is 284 g/mol. The maximum Gasteiger partial charge on any atom is 0.306 e. The van der Waals surface area contributed by atoms with Crippen LogP contribution in [0, 0.1) is 10.1 Å². The maximum absolute atomic E-state index is 10.5. The van der Waals surface area contributed by atoms with Crippen molar-refractivity contribution in [3.63, 3.8) is 0 Å². The van der Waals surface area contributed by atoms with E-state index < -0.39 is 4.92 Å². The molecule has 0 amide bonds. The Morgan fingerprint density at radius 2 is 2.14 bits per heavy atom. The van der Waals surface area contributed by atoms with Gasteiger partial charge in [-0.3, -0.25) is 19.8 Å². The fraction of sp³-hybridized carbons (Fsp3) is 0.714. The molecule has 3 N–H and O–H groups in total. The van der Waals surface area contributed by atoms with Crippen LogP contribution in [0.1, 0.15) is 45.4 Å². The molecule has 0 aliphatic rings. The molecule has 0 saturated carbocycles. The van der Waals surface area contributed by atoms with Crippen molar-refractivity contribution in [3.05, 3.63) is 22.5 Å². The second kappa shape index (κ2) is 10.6. The van der Waals surface area contributed by atoms with Crippen LogP contribution in [0.3, 0.4) is 0 Å². The van der Waals surface area contributed by atoms with E-state index in [9.17, 15) is 10.1 Å². The summed E-state index contributed by atoms with van der Waals surface area (Å²) < 4.78 is 1.51. The highest BCUT2D eigenvalue weighted by Gasteiger charge is 2.07. The van der Waals surface area contributed by atoms with E-state index in [4.69, 9.17) is 5.73 Å². The summed E-state index contributed by atoms with van der Waals surface area (Å²) in [6, 6.07) is 0. The number of hydrogen-bond donors (Lipinski definition) is 2. The molecule has 22 heavy (non-hydrogen) atoms. The average molecular weight is 310 g/mol. The number of hydrogen-bond acceptors (Lipinski definition) is 4. The molecular formula is C14H26N6O2. The minimum Gasteiger partial charge on any atom is -0.370 e. The number of rotatable bonds is 11. The van der Waals surface area contributed by atoms with Crippen molar-refractivity contribution < 1.29 is 4.92 Å². The Morgan fingerprint density at radius 1 is 1.41 bits per heavy atom. The van der Waals surface area contributed by atoms with E-state index in [1.54, 1.807) is 0 Å². The van der Waals surface area contributed by atoms with Gasteiger partial charge in [-0.2, -0.15) is 5.10 Å². The first kappa shape index (κ1) is 17.9. The Bertz CT molecular complexity index is 472. The van der Waals surface area contributed by atoms with Crippen molar-refractivity contribution in [3.8, 4) is 0 Å². The zero-order valence-electron chi connectivity index (χ0n) is 13.2. The van der Waals surface area contributed by atoms with Gasteiger partial charge in [-0.05, 0) is 6.42 Å². The summed E-state index contributed by atoms with van der Waals surface area (Å²) in [6.07, 6.45) is 9.98. The molecule has 0 fully saturated rings. The molecule has 0 aliphatic heterocycles. The van der Waals surface area contributed by atoms with Crippen LogP contribution in [-0.2, 0) is 6.54 Å². The molecule has 0 aliphatic carbocycles. The number of nitrogens with one attached hydrogen (secondary N) is 1. The van der Waals surface area contributed by atoms with Gasteiger partial charge < -0.3 is 11.1 Å². The second-order valence-electron chi connectivity index (χ2n) is 5.18. The second-order valence-corrected chi connectivity index (χ2v) is 5.18. The first-order valence-corrected chi connectivity index (χ1v) is 7.84. The highest BCUT2D eigenvalue weighted by atomic mass is 16.6. The normalized spacial score (nSPS) is 11.6. The van der Waals surface area contributed by atoms with Crippen molar-refractivity contribution in [2.24, 2.45) is 10.7 Å². The third-order valence-corrected chi connectivity index (χ3v) is 3.27. The third-order valence-electron chi connectivity index (χ3n) is 3.27. The highest BCUT2D eigenvalue weighted by molar-refractivity contribution is 5.77. The molecule has 0 radical (unpaired) electrons. The SMILES string of the molecule is CCCCCCCCN=C(N)NCCn1cc([N+](=O)[O-])cn1. The third kappa shape index (κ3) is 7.61. The highest BCUT2D eigenvalue weighted by Crippen LogP contribution is 2.07. The standard InChI is InChI=1S/C14H26N6O2/c1-2-3-4-5-6-7-8-16-14(15)17-9-10-19-12-13(11-18-19)20(21)22/h11-12H,2-10H2,1H3,(H3,15,16,17). The zero-order chi connectivity index (χ0) is 16.2. The van der Waals surface area contributed by atoms with Gasteiger partial charge in [0.2, 0.25) is 0 Å². The molecule has 0 bridgehead atoms. The summed E-state index contributed by atoms with van der Waals surface area (Å²) in [4.78, 5) is 14.3. The molecule has 124 valence electrons. The lowest BCUT2D eigenvalue weighted by Crippen LogP contribution is -2.34. The van der Waals surface area contributed by atoms with Crippen LogP contribution < -0.4 is 11.1 Å². The first-order chi connectivity index (χ1) is 10.6. The minimum absolute atomic E-state index is 0.00953. The lowest BCUT2D eigenvalue weighted by atomic mass is 10.1.